The number of aromatic nitrogens is 2. The van der Waals surface area contributed by atoms with Crippen molar-refractivity contribution in [2.75, 3.05) is 26.0 Å². The SMILES string of the molecule is COc1ccc(Cl)cc1NC(=O)CN(C)C(=O)c1ccc(=O)n(-c2ccccc2)n1. The lowest BCUT2D eigenvalue weighted by Crippen LogP contribution is -2.36. The highest BCUT2D eigenvalue weighted by Gasteiger charge is 2.18. The number of likely N-dealkylation sites (N-methyl/N-ethyl adjacent to an activating group) is 1. The molecule has 1 heterocycles. The van der Waals surface area contributed by atoms with E-state index in [0.717, 1.165) is 4.68 Å². The van der Waals surface area contributed by atoms with Crippen LogP contribution < -0.4 is 15.6 Å². The first-order valence-electron chi connectivity index (χ1n) is 8.93. The summed E-state index contributed by atoms with van der Waals surface area (Å²) in [6.07, 6.45) is 0. The number of halogens is 1. The predicted octanol–water partition coefficient (Wildman–Crippen LogP) is 2.61. The molecule has 154 valence electrons. The number of nitrogens with zero attached hydrogens (tertiary/aromatic N) is 3. The Labute approximate surface area is 177 Å². The van der Waals surface area contributed by atoms with Crippen molar-refractivity contribution in [2.24, 2.45) is 0 Å². The van der Waals surface area contributed by atoms with E-state index in [1.54, 1.807) is 42.5 Å². The molecular weight excluding hydrogens is 408 g/mol. The summed E-state index contributed by atoms with van der Waals surface area (Å²) in [5.41, 5.74) is 0.595. The van der Waals surface area contributed by atoms with Crippen LogP contribution in [0.25, 0.3) is 5.69 Å². The zero-order valence-corrected chi connectivity index (χ0v) is 17.1. The average Bonchev–Trinajstić information content (AvgIpc) is 2.74. The van der Waals surface area contributed by atoms with Crippen LogP contribution in [0.5, 0.6) is 5.75 Å². The van der Waals surface area contributed by atoms with Gasteiger partial charge >= 0.3 is 0 Å². The molecule has 0 spiro atoms. The smallest absolute Gasteiger partial charge is 0.274 e. The molecule has 3 aromatic rings. The molecule has 3 rings (SSSR count). The first-order valence-corrected chi connectivity index (χ1v) is 9.31. The zero-order chi connectivity index (χ0) is 21.7. The van der Waals surface area contributed by atoms with Crippen molar-refractivity contribution >= 4 is 29.1 Å². The number of hydrogen-bond donors (Lipinski definition) is 1. The van der Waals surface area contributed by atoms with E-state index in [0.29, 0.717) is 22.1 Å². The van der Waals surface area contributed by atoms with Gasteiger partial charge in [0.15, 0.2) is 0 Å². The summed E-state index contributed by atoms with van der Waals surface area (Å²) in [6.45, 7) is -0.235. The van der Waals surface area contributed by atoms with Crippen LogP contribution in [0.15, 0.2) is 65.5 Å². The van der Waals surface area contributed by atoms with Gasteiger partial charge in [-0.3, -0.25) is 14.4 Å². The number of anilines is 1. The number of benzene rings is 2. The van der Waals surface area contributed by atoms with Gasteiger partial charge in [0.25, 0.3) is 11.5 Å². The molecule has 0 saturated carbocycles. The number of hydrogen-bond acceptors (Lipinski definition) is 5. The number of rotatable bonds is 6. The van der Waals surface area contributed by atoms with Gasteiger partial charge in [0.1, 0.15) is 11.4 Å². The quantitative estimate of drug-likeness (QED) is 0.654. The monoisotopic (exact) mass is 426 g/mol. The van der Waals surface area contributed by atoms with Crippen LogP contribution in [-0.4, -0.2) is 47.2 Å². The fourth-order valence-electron chi connectivity index (χ4n) is 2.73. The van der Waals surface area contributed by atoms with Crippen molar-refractivity contribution in [3.05, 3.63) is 81.7 Å². The summed E-state index contributed by atoms with van der Waals surface area (Å²) in [6, 6.07) is 16.2. The minimum absolute atomic E-state index is 0.0362. The lowest BCUT2D eigenvalue weighted by Gasteiger charge is -2.17. The molecule has 1 N–H and O–H groups in total. The molecular formula is C21H19ClN4O4. The second kappa shape index (κ2) is 9.23. The van der Waals surface area contributed by atoms with Gasteiger partial charge < -0.3 is 15.0 Å². The topological polar surface area (TPSA) is 93.5 Å². The Morgan fingerprint density at radius 2 is 1.87 bits per heavy atom. The number of ether oxygens (including phenoxy) is 1. The van der Waals surface area contributed by atoms with Crippen molar-refractivity contribution in [2.45, 2.75) is 0 Å². The molecule has 2 amide bonds. The van der Waals surface area contributed by atoms with Crippen molar-refractivity contribution in [3.8, 4) is 11.4 Å². The van der Waals surface area contributed by atoms with E-state index in [9.17, 15) is 14.4 Å². The zero-order valence-electron chi connectivity index (χ0n) is 16.3. The summed E-state index contributed by atoms with van der Waals surface area (Å²) < 4.78 is 6.33. The Morgan fingerprint density at radius 1 is 1.13 bits per heavy atom. The van der Waals surface area contributed by atoms with E-state index in [1.165, 1.54) is 31.2 Å². The first-order chi connectivity index (χ1) is 14.4. The third-order valence-corrected chi connectivity index (χ3v) is 4.42. The highest BCUT2D eigenvalue weighted by molar-refractivity contribution is 6.31. The average molecular weight is 427 g/mol. The van der Waals surface area contributed by atoms with Gasteiger partial charge in [0.05, 0.1) is 25.0 Å². The second-order valence-corrected chi connectivity index (χ2v) is 6.79. The van der Waals surface area contributed by atoms with Crippen molar-refractivity contribution in [1.29, 1.82) is 0 Å². The molecule has 1 aromatic heterocycles. The number of para-hydroxylation sites is 1. The normalized spacial score (nSPS) is 10.4. The molecule has 0 atom stereocenters. The summed E-state index contributed by atoms with van der Waals surface area (Å²) in [7, 11) is 2.94. The van der Waals surface area contributed by atoms with Gasteiger partial charge in [-0.25, -0.2) is 0 Å². The summed E-state index contributed by atoms with van der Waals surface area (Å²) >= 11 is 5.96. The van der Waals surface area contributed by atoms with Gasteiger partial charge in [-0.05, 0) is 36.4 Å². The van der Waals surface area contributed by atoms with Crippen molar-refractivity contribution < 1.29 is 14.3 Å². The molecule has 0 bridgehead atoms. The minimum Gasteiger partial charge on any atom is -0.495 e. The van der Waals surface area contributed by atoms with E-state index in [1.807, 2.05) is 6.07 Å². The number of amides is 2. The van der Waals surface area contributed by atoms with Crippen LogP contribution in [-0.2, 0) is 4.79 Å². The van der Waals surface area contributed by atoms with E-state index in [2.05, 4.69) is 10.4 Å². The van der Waals surface area contributed by atoms with Gasteiger partial charge in [0, 0.05) is 18.1 Å². The number of methoxy groups -OCH3 is 1. The molecule has 0 aliphatic rings. The van der Waals surface area contributed by atoms with Gasteiger partial charge in [-0.1, -0.05) is 29.8 Å². The van der Waals surface area contributed by atoms with E-state index >= 15 is 0 Å². The molecule has 30 heavy (non-hydrogen) atoms. The lowest BCUT2D eigenvalue weighted by molar-refractivity contribution is -0.116. The van der Waals surface area contributed by atoms with Crippen LogP contribution in [0.4, 0.5) is 5.69 Å². The molecule has 2 aromatic carbocycles. The molecule has 0 aliphatic heterocycles. The van der Waals surface area contributed by atoms with Crippen LogP contribution in [0.3, 0.4) is 0 Å². The maximum absolute atomic E-state index is 12.7. The maximum atomic E-state index is 12.7. The molecule has 8 nitrogen and oxygen atoms in total. The highest BCUT2D eigenvalue weighted by Crippen LogP contribution is 2.27. The standard InChI is InChI=1S/C21H19ClN4O4/c1-25(13-19(27)23-17-12-14(22)8-10-18(17)30-2)21(29)16-9-11-20(28)26(24-16)15-6-4-3-5-7-15/h3-12H,13H2,1-2H3,(H,23,27). The highest BCUT2D eigenvalue weighted by atomic mass is 35.5. The van der Waals surface area contributed by atoms with E-state index in [4.69, 9.17) is 16.3 Å². The van der Waals surface area contributed by atoms with Crippen LogP contribution in [0, 0.1) is 0 Å². The predicted molar refractivity (Wildman–Crippen MR) is 113 cm³/mol. The van der Waals surface area contributed by atoms with Crippen molar-refractivity contribution in [1.82, 2.24) is 14.7 Å². The van der Waals surface area contributed by atoms with E-state index in [-0.39, 0.29) is 17.8 Å². The summed E-state index contributed by atoms with van der Waals surface area (Å²) in [4.78, 5) is 38.5. The number of carbonyl (C=O) groups excluding carboxylic acids is 2. The van der Waals surface area contributed by atoms with E-state index < -0.39 is 11.8 Å². The Kier molecular flexibility index (Phi) is 6.48. The Morgan fingerprint density at radius 3 is 2.57 bits per heavy atom. The van der Waals surface area contributed by atoms with Crippen LogP contribution >= 0.6 is 11.6 Å². The molecule has 0 fully saturated rings. The Hall–Kier alpha value is -3.65. The largest absolute Gasteiger partial charge is 0.495 e. The summed E-state index contributed by atoms with van der Waals surface area (Å²) in [5.74, 6) is -0.506. The molecule has 0 saturated heterocycles. The fraction of sp³-hybridized carbons (Fsp3) is 0.143. The van der Waals surface area contributed by atoms with Gasteiger partial charge in [-0.2, -0.15) is 9.78 Å². The number of carbonyl (C=O) groups is 2. The molecule has 0 aliphatic carbocycles. The maximum Gasteiger partial charge on any atom is 0.274 e. The van der Waals surface area contributed by atoms with Crippen LogP contribution in [0.2, 0.25) is 5.02 Å². The lowest BCUT2D eigenvalue weighted by atomic mass is 10.3. The Balaban J connectivity index is 1.74. The molecule has 9 heteroatoms. The summed E-state index contributed by atoms with van der Waals surface area (Å²) in [5, 5.41) is 7.24. The minimum atomic E-state index is -0.507. The van der Waals surface area contributed by atoms with Crippen molar-refractivity contribution in [3.63, 3.8) is 0 Å². The van der Waals surface area contributed by atoms with Gasteiger partial charge in [0.2, 0.25) is 5.91 Å². The third kappa shape index (κ3) is 4.84. The third-order valence-electron chi connectivity index (χ3n) is 4.18. The Bertz CT molecular complexity index is 1130. The second-order valence-electron chi connectivity index (χ2n) is 6.36. The van der Waals surface area contributed by atoms with Crippen LogP contribution in [0.1, 0.15) is 10.5 Å². The molecule has 0 unspecified atom stereocenters. The molecule has 0 radical (unpaired) electrons. The number of nitrogens with one attached hydrogen (secondary N) is 1. The fourth-order valence-corrected chi connectivity index (χ4v) is 2.90. The van der Waals surface area contributed by atoms with Gasteiger partial charge in [-0.15, -0.1) is 0 Å². The first kappa shape index (κ1) is 21.1.